The van der Waals surface area contributed by atoms with E-state index in [4.69, 9.17) is 9.84 Å². The second-order valence-corrected chi connectivity index (χ2v) is 5.44. The molecule has 0 aliphatic heterocycles. The van der Waals surface area contributed by atoms with Crippen molar-refractivity contribution in [2.45, 2.75) is 38.2 Å². The maximum atomic E-state index is 10.9. The second kappa shape index (κ2) is 5.61. The molecule has 0 bridgehead atoms. The zero-order valence-corrected chi connectivity index (χ0v) is 11.1. The Labute approximate surface area is 113 Å². The number of hydrogen-bond acceptors (Lipinski definition) is 3. The molecule has 0 spiro atoms. The largest absolute Gasteiger partial charge is 0.491 e. The van der Waals surface area contributed by atoms with Gasteiger partial charge in [-0.25, -0.2) is 0 Å². The van der Waals surface area contributed by atoms with Gasteiger partial charge in [-0.1, -0.05) is 17.7 Å². The first-order valence-electron chi connectivity index (χ1n) is 6.63. The summed E-state index contributed by atoms with van der Waals surface area (Å²) >= 11 is 0. The third-order valence-electron chi connectivity index (χ3n) is 3.79. The van der Waals surface area contributed by atoms with Gasteiger partial charge in [0.25, 0.3) is 0 Å². The molecule has 1 fully saturated rings. The number of carboxylic acids is 1. The quantitative estimate of drug-likeness (QED) is 0.876. The molecule has 0 aromatic heterocycles. The van der Waals surface area contributed by atoms with E-state index in [0.717, 1.165) is 11.3 Å². The second-order valence-electron chi connectivity index (χ2n) is 5.44. The lowest BCUT2D eigenvalue weighted by molar-refractivity contribution is -0.145. The number of carbonyl (C=O) groups is 1. The fourth-order valence-corrected chi connectivity index (χ4v) is 2.40. The minimum Gasteiger partial charge on any atom is -0.491 e. The molecular weight excluding hydrogens is 244 g/mol. The van der Waals surface area contributed by atoms with Crippen molar-refractivity contribution >= 4 is 5.97 Å². The SMILES string of the molecule is Cc1ccc(OCC2(O)CCC(C(=O)O)CC2)cc1. The van der Waals surface area contributed by atoms with Crippen LogP contribution in [0.2, 0.25) is 0 Å². The van der Waals surface area contributed by atoms with Crippen molar-refractivity contribution in [3.8, 4) is 5.75 Å². The molecule has 0 atom stereocenters. The van der Waals surface area contributed by atoms with Crippen LogP contribution in [-0.2, 0) is 4.79 Å². The predicted molar refractivity (Wildman–Crippen MR) is 71.2 cm³/mol. The molecule has 0 unspecified atom stereocenters. The van der Waals surface area contributed by atoms with Gasteiger partial charge in [-0.05, 0) is 44.7 Å². The molecule has 0 heterocycles. The lowest BCUT2D eigenvalue weighted by atomic mass is 9.79. The van der Waals surface area contributed by atoms with E-state index in [9.17, 15) is 9.90 Å². The molecule has 19 heavy (non-hydrogen) atoms. The van der Waals surface area contributed by atoms with Gasteiger partial charge in [0.15, 0.2) is 0 Å². The van der Waals surface area contributed by atoms with E-state index >= 15 is 0 Å². The summed E-state index contributed by atoms with van der Waals surface area (Å²) in [6.45, 7) is 2.23. The fraction of sp³-hybridized carbons (Fsp3) is 0.533. The molecule has 1 aliphatic rings. The molecule has 0 saturated heterocycles. The third kappa shape index (κ3) is 3.70. The standard InChI is InChI=1S/C15H20O4/c1-11-2-4-13(5-3-11)19-10-15(18)8-6-12(7-9-15)14(16)17/h2-5,12,18H,6-10H2,1H3,(H,16,17). The molecule has 1 saturated carbocycles. The predicted octanol–water partition coefficient (Wildman–Crippen LogP) is 2.38. The van der Waals surface area contributed by atoms with E-state index in [1.54, 1.807) is 0 Å². The van der Waals surface area contributed by atoms with Crippen LogP contribution in [0.4, 0.5) is 0 Å². The van der Waals surface area contributed by atoms with Crippen LogP contribution in [0.1, 0.15) is 31.2 Å². The lowest BCUT2D eigenvalue weighted by Crippen LogP contribution is -2.41. The van der Waals surface area contributed by atoms with Crippen LogP contribution in [0.15, 0.2) is 24.3 Å². The van der Waals surface area contributed by atoms with Crippen LogP contribution < -0.4 is 4.74 Å². The normalized spacial score (nSPS) is 26.9. The Balaban J connectivity index is 1.86. The Morgan fingerprint density at radius 3 is 2.42 bits per heavy atom. The van der Waals surface area contributed by atoms with Crippen LogP contribution in [-0.4, -0.2) is 28.4 Å². The number of aliphatic hydroxyl groups is 1. The van der Waals surface area contributed by atoms with Gasteiger partial charge in [0.2, 0.25) is 0 Å². The number of benzene rings is 1. The molecule has 1 aliphatic carbocycles. The van der Waals surface area contributed by atoms with Gasteiger partial charge in [0.1, 0.15) is 12.4 Å². The summed E-state index contributed by atoms with van der Waals surface area (Å²) in [7, 11) is 0. The molecule has 4 heteroatoms. The molecule has 1 aromatic rings. The summed E-state index contributed by atoms with van der Waals surface area (Å²) in [5, 5.41) is 19.3. The Hall–Kier alpha value is -1.55. The summed E-state index contributed by atoms with van der Waals surface area (Å²) in [6.07, 6.45) is 2.00. The summed E-state index contributed by atoms with van der Waals surface area (Å²) in [6, 6.07) is 7.67. The Kier molecular flexibility index (Phi) is 4.10. The Morgan fingerprint density at radius 1 is 1.32 bits per heavy atom. The number of aryl methyl sites for hydroxylation is 1. The first-order chi connectivity index (χ1) is 8.98. The van der Waals surface area contributed by atoms with Crippen molar-refractivity contribution in [2.75, 3.05) is 6.61 Å². The first-order valence-corrected chi connectivity index (χ1v) is 6.63. The average molecular weight is 264 g/mol. The van der Waals surface area contributed by atoms with Gasteiger partial charge in [-0.3, -0.25) is 4.79 Å². The highest BCUT2D eigenvalue weighted by molar-refractivity contribution is 5.70. The smallest absolute Gasteiger partial charge is 0.306 e. The summed E-state index contributed by atoms with van der Waals surface area (Å²) in [5.74, 6) is -0.347. The average Bonchev–Trinajstić information content (AvgIpc) is 2.39. The summed E-state index contributed by atoms with van der Waals surface area (Å²) in [5.41, 5.74) is 0.268. The van der Waals surface area contributed by atoms with Gasteiger partial charge in [0, 0.05) is 0 Å². The number of ether oxygens (including phenoxy) is 1. The fourth-order valence-electron chi connectivity index (χ4n) is 2.40. The maximum Gasteiger partial charge on any atom is 0.306 e. The van der Waals surface area contributed by atoms with Crippen molar-refractivity contribution in [2.24, 2.45) is 5.92 Å². The van der Waals surface area contributed by atoms with Crippen LogP contribution in [0, 0.1) is 12.8 Å². The topological polar surface area (TPSA) is 66.8 Å². The van der Waals surface area contributed by atoms with Gasteiger partial charge in [-0.2, -0.15) is 0 Å². The highest BCUT2D eigenvalue weighted by Gasteiger charge is 2.36. The minimum atomic E-state index is -0.892. The van der Waals surface area contributed by atoms with Gasteiger partial charge >= 0.3 is 5.97 Å². The van der Waals surface area contributed by atoms with Gasteiger partial charge < -0.3 is 14.9 Å². The van der Waals surface area contributed by atoms with Crippen LogP contribution >= 0.6 is 0 Å². The summed E-state index contributed by atoms with van der Waals surface area (Å²) in [4.78, 5) is 10.9. The number of carboxylic acid groups (broad SMARTS) is 1. The van der Waals surface area contributed by atoms with Crippen molar-refractivity contribution in [3.63, 3.8) is 0 Å². The lowest BCUT2D eigenvalue weighted by Gasteiger charge is -2.34. The van der Waals surface area contributed by atoms with Crippen molar-refractivity contribution < 1.29 is 19.7 Å². The molecule has 2 rings (SSSR count). The molecule has 104 valence electrons. The van der Waals surface area contributed by atoms with E-state index in [2.05, 4.69) is 0 Å². The van der Waals surface area contributed by atoms with Crippen molar-refractivity contribution in [1.29, 1.82) is 0 Å². The maximum absolute atomic E-state index is 10.9. The van der Waals surface area contributed by atoms with Crippen LogP contribution in [0.5, 0.6) is 5.75 Å². The van der Waals surface area contributed by atoms with Crippen LogP contribution in [0.3, 0.4) is 0 Å². The molecule has 0 radical (unpaired) electrons. The molecule has 1 aromatic carbocycles. The monoisotopic (exact) mass is 264 g/mol. The van der Waals surface area contributed by atoms with Gasteiger partial charge in [-0.15, -0.1) is 0 Å². The molecule has 2 N–H and O–H groups in total. The molecule has 0 amide bonds. The number of rotatable bonds is 4. The molecular formula is C15H20O4. The highest BCUT2D eigenvalue weighted by Crippen LogP contribution is 2.32. The Bertz CT molecular complexity index is 430. The van der Waals surface area contributed by atoms with E-state index in [0.29, 0.717) is 25.7 Å². The summed E-state index contributed by atoms with van der Waals surface area (Å²) < 4.78 is 5.60. The first kappa shape index (κ1) is 13.9. The molecule has 4 nitrogen and oxygen atoms in total. The Morgan fingerprint density at radius 2 is 1.89 bits per heavy atom. The van der Waals surface area contributed by atoms with E-state index in [1.165, 1.54) is 0 Å². The highest BCUT2D eigenvalue weighted by atomic mass is 16.5. The zero-order chi connectivity index (χ0) is 13.9. The third-order valence-corrected chi connectivity index (χ3v) is 3.79. The van der Waals surface area contributed by atoms with Crippen molar-refractivity contribution in [3.05, 3.63) is 29.8 Å². The minimum absolute atomic E-state index is 0.225. The zero-order valence-electron chi connectivity index (χ0n) is 11.1. The van der Waals surface area contributed by atoms with Gasteiger partial charge in [0.05, 0.1) is 11.5 Å². The van der Waals surface area contributed by atoms with Crippen molar-refractivity contribution in [1.82, 2.24) is 0 Å². The number of hydrogen-bond donors (Lipinski definition) is 2. The van der Waals surface area contributed by atoms with Crippen LogP contribution in [0.25, 0.3) is 0 Å². The van der Waals surface area contributed by atoms with E-state index in [1.807, 2.05) is 31.2 Å². The number of aliphatic carboxylic acids is 1. The van der Waals surface area contributed by atoms with E-state index in [-0.39, 0.29) is 12.5 Å². The van der Waals surface area contributed by atoms with E-state index < -0.39 is 11.6 Å².